The maximum absolute atomic E-state index is 12.2. The highest BCUT2D eigenvalue weighted by atomic mass is 16.5. The maximum atomic E-state index is 12.2. The Morgan fingerprint density at radius 1 is 1.24 bits per heavy atom. The molecule has 0 radical (unpaired) electrons. The summed E-state index contributed by atoms with van der Waals surface area (Å²) in [4.78, 5) is 23.7. The van der Waals surface area contributed by atoms with Crippen molar-refractivity contribution in [1.82, 2.24) is 5.32 Å². The second-order valence-electron chi connectivity index (χ2n) is 6.08. The van der Waals surface area contributed by atoms with Crippen LogP contribution >= 0.6 is 0 Å². The highest BCUT2D eigenvalue weighted by Crippen LogP contribution is 2.24. The minimum absolute atomic E-state index is 0.0179. The Labute approximate surface area is 147 Å². The van der Waals surface area contributed by atoms with Gasteiger partial charge >= 0.3 is 5.97 Å². The fourth-order valence-corrected chi connectivity index (χ4v) is 2.84. The van der Waals surface area contributed by atoms with Crippen molar-refractivity contribution in [3.63, 3.8) is 0 Å². The van der Waals surface area contributed by atoms with E-state index < -0.39 is 18.0 Å². The molecular weight excluding hydrogens is 326 g/mol. The van der Waals surface area contributed by atoms with Crippen molar-refractivity contribution in [3.8, 4) is 11.5 Å². The van der Waals surface area contributed by atoms with E-state index in [-0.39, 0.29) is 18.4 Å². The monoisotopic (exact) mass is 351 g/mol. The average molecular weight is 351 g/mol. The molecule has 0 spiro atoms. The molecule has 25 heavy (non-hydrogen) atoms. The van der Waals surface area contributed by atoms with Gasteiger partial charge in [-0.1, -0.05) is 0 Å². The second kappa shape index (κ2) is 9.27. The molecule has 2 unspecified atom stereocenters. The van der Waals surface area contributed by atoms with Gasteiger partial charge in [0.2, 0.25) is 0 Å². The number of carboxylic acid groups (broad SMARTS) is 1. The average Bonchev–Trinajstić information content (AvgIpc) is 2.63. The molecule has 1 aromatic rings. The fourth-order valence-electron chi connectivity index (χ4n) is 2.84. The Bertz CT molecular complexity index is 567. The van der Waals surface area contributed by atoms with Crippen LogP contribution in [-0.2, 0) is 14.3 Å². The Kier molecular flexibility index (Phi) is 7.06. The van der Waals surface area contributed by atoms with Gasteiger partial charge in [-0.3, -0.25) is 9.59 Å². The molecule has 1 saturated heterocycles. The van der Waals surface area contributed by atoms with E-state index in [1.54, 1.807) is 38.3 Å². The van der Waals surface area contributed by atoms with Gasteiger partial charge in [0.1, 0.15) is 11.5 Å². The predicted molar refractivity (Wildman–Crippen MR) is 90.8 cm³/mol. The van der Waals surface area contributed by atoms with Crippen molar-refractivity contribution >= 4 is 11.9 Å². The number of rotatable bonds is 8. The van der Waals surface area contributed by atoms with Crippen LogP contribution in [0.15, 0.2) is 24.3 Å². The molecule has 2 N–H and O–H groups in total. The highest BCUT2D eigenvalue weighted by molar-refractivity contribution is 5.81. The maximum Gasteiger partial charge on any atom is 0.308 e. The van der Waals surface area contributed by atoms with Crippen molar-refractivity contribution in [2.24, 2.45) is 11.8 Å². The number of aliphatic carboxylic acids is 1. The van der Waals surface area contributed by atoms with Crippen molar-refractivity contribution in [3.05, 3.63) is 24.3 Å². The van der Waals surface area contributed by atoms with E-state index in [1.165, 1.54) is 0 Å². The van der Waals surface area contributed by atoms with E-state index in [0.29, 0.717) is 37.6 Å². The lowest BCUT2D eigenvalue weighted by Crippen LogP contribution is -2.43. The van der Waals surface area contributed by atoms with Crippen LogP contribution in [0.5, 0.6) is 11.5 Å². The Balaban J connectivity index is 1.85. The Hall–Kier alpha value is -2.28. The molecule has 2 rings (SSSR count). The third-order valence-electron chi connectivity index (χ3n) is 4.39. The molecule has 1 aromatic carbocycles. The summed E-state index contributed by atoms with van der Waals surface area (Å²) >= 11 is 0. The van der Waals surface area contributed by atoms with Crippen LogP contribution < -0.4 is 14.8 Å². The molecule has 0 aliphatic carbocycles. The van der Waals surface area contributed by atoms with Gasteiger partial charge in [-0.05, 0) is 49.9 Å². The molecule has 0 aromatic heterocycles. The number of benzene rings is 1. The SMILES string of the molecule is COc1ccc(OC(C)C(=O)NCC(C(=O)O)C2CCOCC2)cc1. The van der Waals surface area contributed by atoms with Crippen LogP contribution in [0, 0.1) is 11.8 Å². The number of carbonyl (C=O) groups excluding carboxylic acids is 1. The number of hydrogen-bond acceptors (Lipinski definition) is 5. The van der Waals surface area contributed by atoms with Gasteiger partial charge in [0.15, 0.2) is 6.10 Å². The zero-order chi connectivity index (χ0) is 18.2. The van der Waals surface area contributed by atoms with Crippen LogP contribution in [-0.4, -0.2) is 50.0 Å². The van der Waals surface area contributed by atoms with E-state index in [4.69, 9.17) is 14.2 Å². The van der Waals surface area contributed by atoms with Crippen molar-refractivity contribution in [1.29, 1.82) is 0 Å². The summed E-state index contributed by atoms with van der Waals surface area (Å²) in [5.41, 5.74) is 0. The lowest BCUT2D eigenvalue weighted by atomic mass is 9.86. The molecule has 1 aliphatic rings. The van der Waals surface area contributed by atoms with Crippen LogP contribution in [0.2, 0.25) is 0 Å². The Morgan fingerprint density at radius 3 is 2.40 bits per heavy atom. The Morgan fingerprint density at radius 2 is 1.84 bits per heavy atom. The number of nitrogens with one attached hydrogen (secondary N) is 1. The van der Waals surface area contributed by atoms with Gasteiger partial charge in [0.25, 0.3) is 5.91 Å². The standard InChI is InChI=1S/C18H25NO6/c1-12(25-15-5-3-14(23-2)4-6-15)17(20)19-11-16(18(21)22)13-7-9-24-10-8-13/h3-6,12-13,16H,7-11H2,1-2H3,(H,19,20)(H,21,22). The van der Waals surface area contributed by atoms with Gasteiger partial charge in [-0.25, -0.2) is 0 Å². The normalized spacial score (nSPS) is 17.4. The third-order valence-corrected chi connectivity index (χ3v) is 4.39. The molecule has 1 fully saturated rings. The topological polar surface area (TPSA) is 94.1 Å². The van der Waals surface area contributed by atoms with E-state index in [9.17, 15) is 14.7 Å². The second-order valence-corrected chi connectivity index (χ2v) is 6.08. The number of carboxylic acids is 1. The number of carbonyl (C=O) groups is 2. The zero-order valence-corrected chi connectivity index (χ0v) is 14.6. The summed E-state index contributed by atoms with van der Waals surface area (Å²) in [7, 11) is 1.57. The van der Waals surface area contributed by atoms with Crippen LogP contribution in [0.3, 0.4) is 0 Å². The van der Waals surface area contributed by atoms with Crippen molar-refractivity contribution in [2.75, 3.05) is 26.9 Å². The third kappa shape index (κ3) is 5.63. The first-order valence-corrected chi connectivity index (χ1v) is 8.40. The van der Waals surface area contributed by atoms with Gasteiger partial charge in [0, 0.05) is 19.8 Å². The van der Waals surface area contributed by atoms with Crippen molar-refractivity contribution in [2.45, 2.75) is 25.9 Å². The first kappa shape index (κ1) is 19.1. The summed E-state index contributed by atoms with van der Waals surface area (Å²) in [6.07, 6.45) is 0.674. The molecule has 7 nitrogen and oxygen atoms in total. The fraction of sp³-hybridized carbons (Fsp3) is 0.556. The molecule has 7 heteroatoms. The summed E-state index contributed by atoms with van der Waals surface area (Å²) in [6, 6.07) is 6.91. The number of amides is 1. The smallest absolute Gasteiger partial charge is 0.308 e. The lowest BCUT2D eigenvalue weighted by molar-refractivity contribution is -0.145. The molecule has 1 heterocycles. The number of ether oxygens (including phenoxy) is 3. The minimum Gasteiger partial charge on any atom is -0.497 e. The molecule has 1 amide bonds. The number of methoxy groups -OCH3 is 1. The van der Waals surface area contributed by atoms with E-state index in [2.05, 4.69) is 5.32 Å². The lowest BCUT2D eigenvalue weighted by Gasteiger charge is -2.28. The van der Waals surface area contributed by atoms with Gasteiger partial charge in [-0.15, -0.1) is 0 Å². The first-order valence-electron chi connectivity index (χ1n) is 8.40. The summed E-state index contributed by atoms with van der Waals surface area (Å²) in [6.45, 7) is 2.86. The summed E-state index contributed by atoms with van der Waals surface area (Å²) in [5, 5.41) is 12.1. The summed E-state index contributed by atoms with van der Waals surface area (Å²) in [5.74, 6) is -0.580. The van der Waals surface area contributed by atoms with Crippen LogP contribution in [0.1, 0.15) is 19.8 Å². The molecular formula is C18H25NO6. The minimum atomic E-state index is -0.893. The molecule has 2 atom stereocenters. The van der Waals surface area contributed by atoms with Crippen LogP contribution in [0.25, 0.3) is 0 Å². The van der Waals surface area contributed by atoms with E-state index in [0.717, 1.165) is 0 Å². The zero-order valence-electron chi connectivity index (χ0n) is 14.6. The van der Waals surface area contributed by atoms with E-state index >= 15 is 0 Å². The molecule has 138 valence electrons. The largest absolute Gasteiger partial charge is 0.497 e. The van der Waals surface area contributed by atoms with Gasteiger partial charge in [0.05, 0.1) is 13.0 Å². The molecule has 1 aliphatic heterocycles. The van der Waals surface area contributed by atoms with Gasteiger partial charge < -0.3 is 24.6 Å². The van der Waals surface area contributed by atoms with Crippen molar-refractivity contribution < 1.29 is 28.9 Å². The predicted octanol–water partition coefficient (Wildman–Crippen LogP) is 1.71. The number of hydrogen-bond donors (Lipinski definition) is 2. The first-order chi connectivity index (χ1) is 12.0. The van der Waals surface area contributed by atoms with Gasteiger partial charge in [-0.2, -0.15) is 0 Å². The summed E-state index contributed by atoms with van der Waals surface area (Å²) < 4.78 is 15.9. The molecule has 0 bridgehead atoms. The highest BCUT2D eigenvalue weighted by Gasteiger charge is 2.30. The quantitative estimate of drug-likeness (QED) is 0.740. The molecule has 0 saturated carbocycles. The van der Waals surface area contributed by atoms with E-state index in [1.807, 2.05) is 0 Å². The van der Waals surface area contributed by atoms with Crippen LogP contribution in [0.4, 0.5) is 0 Å².